The molecule has 1 saturated heterocycles. The molecule has 6 atom stereocenters. The van der Waals surface area contributed by atoms with Crippen LogP contribution in [0.5, 0.6) is 0 Å². The predicted molar refractivity (Wildman–Crippen MR) is 156 cm³/mol. The van der Waals surface area contributed by atoms with E-state index in [2.05, 4.69) is 6.92 Å². The molecule has 0 aliphatic carbocycles. The third-order valence-corrected chi connectivity index (χ3v) is 7.53. The Morgan fingerprint density at radius 3 is 1.79 bits per heavy atom. The average molecular weight is 619 g/mol. The number of aliphatic carboxylic acids is 2. The summed E-state index contributed by atoms with van der Waals surface area (Å²) < 4.78 is 22.2. The van der Waals surface area contributed by atoms with E-state index < -0.39 is 61.0 Å². The van der Waals surface area contributed by atoms with Gasteiger partial charge in [0.1, 0.15) is 31.3 Å². The van der Waals surface area contributed by atoms with E-state index in [0.29, 0.717) is 12.8 Å². The van der Waals surface area contributed by atoms with Crippen LogP contribution in [-0.2, 0) is 38.1 Å². The number of unbranched alkanes of at least 4 members (excludes halogenated alkanes) is 12. The van der Waals surface area contributed by atoms with Crippen LogP contribution in [0.15, 0.2) is 0 Å². The largest absolute Gasteiger partial charge is 0.481 e. The number of aliphatic hydroxyl groups is 2. The highest BCUT2D eigenvalue weighted by Gasteiger charge is 2.48. The smallest absolute Gasteiger partial charge is 0.317 e. The fourth-order valence-electron chi connectivity index (χ4n) is 5.14. The van der Waals surface area contributed by atoms with Crippen LogP contribution in [0.4, 0.5) is 0 Å². The Morgan fingerprint density at radius 1 is 0.744 bits per heavy atom. The zero-order chi connectivity index (χ0) is 32.0. The number of rotatable bonds is 25. The van der Waals surface area contributed by atoms with Crippen LogP contribution in [0.3, 0.4) is 0 Å². The molecule has 0 spiro atoms. The summed E-state index contributed by atoms with van der Waals surface area (Å²) in [4.78, 5) is 45.1. The highest BCUT2D eigenvalue weighted by atomic mass is 16.7. The minimum atomic E-state index is -1.59. The number of hydrogen-bond acceptors (Lipinski definition) is 10. The fourth-order valence-corrected chi connectivity index (χ4v) is 5.14. The summed E-state index contributed by atoms with van der Waals surface area (Å²) in [6, 6.07) is 0. The van der Waals surface area contributed by atoms with Crippen LogP contribution in [0.25, 0.3) is 0 Å². The number of esters is 2. The maximum atomic E-state index is 12.1. The lowest BCUT2D eigenvalue weighted by Gasteiger charge is -2.42. The zero-order valence-corrected chi connectivity index (χ0v) is 26.0. The summed E-state index contributed by atoms with van der Waals surface area (Å²) in [5.74, 6) is -3.93. The first kappa shape index (κ1) is 38.7. The molecule has 43 heavy (non-hydrogen) atoms. The number of carbonyl (C=O) groups is 4. The second-order valence-electron chi connectivity index (χ2n) is 11.4. The summed E-state index contributed by atoms with van der Waals surface area (Å²) in [5.41, 5.74) is 0. The van der Waals surface area contributed by atoms with E-state index in [-0.39, 0.29) is 19.1 Å². The van der Waals surface area contributed by atoms with E-state index in [4.69, 9.17) is 29.2 Å². The summed E-state index contributed by atoms with van der Waals surface area (Å²) in [7, 11) is 0. The van der Waals surface area contributed by atoms with E-state index in [1.54, 1.807) is 0 Å². The van der Waals surface area contributed by atoms with Crippen LogP contribution >= 0.6 is 0 Å². The van der Waals surface area contributed by atoms with Crippen molar-refractivity contribution in [2.75, 3.05) is 6.61 Å². The molecule has 250 valence electrons. The molecule has 1 aliphatic heterocycles. The van der Waals surface area contributed by atoms with E-state index in [1.807, 2.05) is 0 Å². The Kier molecular flexibility index (Phi) is 20.9. The highest BCUT2D eigenvalue weighted by molar-refractivity contribution is 5.90. The molecular formula is C31H54O12. The van der Waals surface area contributed by atoms with Gasteiger partial charge in [-0.15, -0.1) is 0 Å². The monoisotopic (exact) mass is 618 g/mol. The van der Waals surface area contributed by atoms with Crippen molar-refractivity contribution in [3.8, 4) is 0 Å². The van der Waals surface area contributed by atoms with E-state index in [9.17, 15) is 29.4 Å². The summed E-state index contributed by atoms with van der Waals surface area (Å²) in [6.45, 7) is 3.00. The number of aliphatic hydroxyl groups excluding tert-OH is 2. The molecule has 4 N–H and O–H groups in total. The van der Waals surface area contributed by atoms with Crippen LogP contribution in [0, 0.1) is 0 Å². The van der Waals surface area contributed by atoms with Crippen molar-refractivity contribution < 1.29 is 58.6 Å². The Balaban J connectivity index is 2.80. The van der Waals surface area contributed by atoms with Gasteiger partial charge in [0.15, 0.2) is 12.4 Å². The average Bonchev–Trinajstić information content (AvgIpc) is 2.93. The molecule has 0 amide bonds. The summed E-state index contributed by atoms with van der Waals surface area (Å²) in [6.07, 6.45) is 7.52. The molecule has 0 unspecified atom stereocenters. The lowest BCUT2D eigenvalue weighted by atomic mass is 9.98. The first-order chi connectivity index (χ1) is 20.5. The summed E-state index contributed by atoms with van der Waals surface area (Å²) in [5, 5.41) is 39.4. The number of carboxylic acid groups (broad SMARTS) is 2. The van der Waals surface area contributed by atoms with Crippen LogP contribution in [0.1, 0.15) is 129 Å². The van der Waals surface area contributed by atoms with E-state index in [1.165, 1.54) is 32.6 Å². The maximum absolute atomic E-state index is 12.1. The third kappa shape index (κ3) is 18.2. The second-order valence-corrected chi connectivity index (χ2v) is 11.4. The van der Waals surface area contributed by atoms with Crippen molar-refractivity contribution in [3.63, 3.8) is 0 Å². The molecule has 0 radical (unpaired) electrons. The fraction of sp³-hybridized carbons (Fsp3) is 0.871. The highest BCUT2D eigenvalue weighted by Crippen LogP contribution is 2.28. The van der Waals surface area contributed by atoms with Gasteiger partial charge in [0, 0.05) is 13.3 Å². The predicted octanol–water partition coefficient (Wildman–Crippen LogP) is 4.50. The van der Waals surface area contributed by atoms with Gasteiger partial charge in [0.05, 0.1) is 6.10 Å². The van der Waals surface area contributed by atoms with E-state index >= 15 is 0 Å². The van der Waals surface area contributed by atoms with Gasteiger partial charge in [0.25, 0.3) is 0 Å². The lowest BCUT2D eigenvalue weighted by Crippen LogP contribution is -2.61. The number of hydrogen-bond donors (Lipinski definition) is 4. The molecule has 0 saturated carbocycles. The van der Waals surface area contributed by atoms with Crippen molar-refractivity contribution in [1.82, 2.24) is 0 Å². The van der Waals surface area contributed by atoms with Gasteiger partial charge in [-0.05, 0) is 19.3 Å². The number of carbonyl (C=O) groups excluding carboxylic acids is 2. The van der Waals surface area contributed by atoms with Crippen LogP contribution < -0.4 is 0 Å². The molecule has 12 heteroatoms. The zero-order valence-electron chi connectivity index (χ0n) is 26.0. The molecule has 1 heterocycles. The molecule has 0 aromatic rings. The van der Waals surface area contributed by atoms with Crippen LogP contribution in [-0.4, -0.2) is 87.7 Å². The molecule has 0 bridgehead atoms. The Hall–Kier alpha value is -2.28. The quantitative estimate of drug-likeness (QED) is 0.0638. The minimum absolute atomic E-state index is 0.199. The van der Waals surface area contributed by atoms with Crippen molar-refractivity contribution in [1.29, 1.82) is 0 Å². The molecule has 0 aromatic carbocycles. The molecule has 1 aliphatic rings. The number of ether oxygens (including phenoxy) is 4. The van der Waals surface area contributed by atoms with Crippen LogP contribution in [0.2, 0.25) is 0 Å². The first-order valence-corrected chi connectivity index (χ1v) is 16.0. The van der Waals surface area contributed by atoms with Gasteiger partial charge in [-0.3, -0.25) is 19.2 Å². The number of carboxylic acids is 2. The maximum Gasteiger partial charge on any atom is 0.317 e. The SMILES string of the molecule is CCCCCCCCC[C@H](CCCCCCCCCC(=O)O)O[C@H]1O[C@H](COC(C)=O)[C@@H](O)[C@H](OC(=O)CC(=O)O)[C@H]1O. The van der Waals surface area contributed by atoms with Gasteiger partial charge >= 0.3 is 23.9 Å². The van der Waals surface area contributed by atoms with Gasteiger partial charge in [0.2, 0.25) is 0 Å². The van der Waals surface area contributed by atoms with Crippen molar-refractivity contribution >= 4 is 23.9 Å². The standard InChI is InChI=1S/C31H54O12/c1-3-4-5-6-8-11-14-17-23(18-15-12-9-7-10-13-16-19-25(33)34)41-31-29(39)30(43-27(37)20-26(35)36)28(38)24(42-31)21-40-22(2)32/h23-24,28-31,38-39H,3-21H2,1-2H3,(H,33,34)(H,35,36)/t23-,24-,28-,29-,30+,31+/m1/s1. The molecule has 0 aromatic heterocycles. The van der Waals surface area contributed by atoms with Gasteiger partial charge in [-0.1, -0.05) is 90.4 Å². The second kappa shape index (κ2) is 23.1. The third-order valence-electron chi connectivity index (χ3n) is 7.53. The lowest BCUT2D eigenvalue weighted by molar-refractivity contribution is -0.314. The molecule has 1 rings (SSSR count). The van der Waals surface area contributed by atoms with Gasteiger partial charge < -0.3 is 39.4 Å². The molecular weight excluding hydrogens is 564 g/mol. The minimum Gasteiger partial charge on any atom is -0.481 e. The van der Waals surface area contributed by atoms with E-state index in [0.717, 1.165) is 64.2 Å². The normalized spacial score (nSPS) is 22.6. The van der Waals surface area contributed by atoms with Crippen molar-refractivity contribution in [2.24, 2.45) is 0 Å². The molecule has 1 fully saturated rings. The topological polar surface area (TPSA) is 186 Å². The first-order valence-electron chi connectivity index (χ1n) is 16.0. The van der Waals surface area contributed by atoms with Crippen molar-refractivity contribution in [2.45, 2.75) is 166 Å². The van der Waals surface area contributed by atoms with Gasteiger partial charge in [-0.25, -0.2) is 0 Å². The van der Waals surface area contributed by atoms with Gasteiger partial charge in [-0.2, -0.15) is 0 Å². The molecule has 12 nitrogen and oxygen atoms in total. The van der Waals surface area contributed by atoms with Crippen molar-refractivity contribution in [3.05, 3.63) is 0 Å². The Bertz CT molecular complexity index is 804. The Labute approximate surface area is 255 Å². The Morgan fingerprint density at radius 2 is 1.28 bits per heavy atom. The summed E-state index contributed by atoms with van der Waals surface area (Å²) >= 11 is 0.